The number of carbonyl (C=O) groups is 2. The smallest absolute Gasteiger partial charge is 0.418 e. The lowest BCUT2D eigenvalue weighted by molar-refractivity contribution is -0.304. The number of carboxylic acids is 1. The van der Waals surface area contributed by atoms with Crippen molar-refractivity contribution in [3.63, 3.8) is 0 Å². The lowest BCUT2D eigenvalue weighted by Gasteiger charge is -2.17. The molecule has 1 aromatic heterocycles. The number of rotatable bonds is 8. The molecule has 200 valence electrons. The van der Waals surface area contributed by atoms with Crippen molar-refractivity contribution in [2.45, 2.75) is 19.1 Å². The van der Waals surface area contributed by atoms with Crippen LogP contribution in [0.5, 0.6) is 0 Å². The monoisotopic (exact) mass is 539 g/mol. The van der Waals surface area contributed by atoms with E-state index in [4.69, 9.17) is 0 Å². The number of para-hydroxylation sites is 1. The van der Waals surface area contributed by atoms with Crippen molar-refractivity contribution < 1.29 is 27.9 Å². The van der Waals surface area contributed by atoms with Crippen LogP contribution in [0.4, 0.5) is 18.9 Å². The largest absolute Gasteiger partial charge is 0.550 e. The van der Waals surface area contributed by atoms with Crippen molar-refractivity contribution in [1.82, 2.24) is 4.98 Å². The Hall–Kier alpha value is -4.98. The van der Waals surface area contributed by atoms with E-state index in [2.05, 4.69) is 10.3 Å². The third-order valence-corrected chi connectivity index (χ3v) is 6.50. The maximum atomic E-state index is 13.8. The SMILES string of the molecule is O=C([O-])Cc1ccc(CNc2cccc(-c3c(C(=O)c4ccccc4)cnc4c(C(F)(F)F)cccc34)c2)cc1. The summed E-state index contributed by atoms with van der Waals surface area (Å²) in [5, 5.41) is 14.3. The molecule has 8 heteroatoms. The number of carbonyl (C=O) groups excluding carboxylic acids is 2. The second-order valence-corrected chi connectivity index (χ2v) is 9.24. The van der Waals surface area contributed by atoms with Gasteiger partial charge in [-0.05, 0) is 34.9 Å². The van der Waals surface area contributed by atoms with E-state index in [0.29, 0.717) is 34.5 Å². The summed E-state index contributed by atoms with van der Waals surface area (Å²) in [5.41, 5.74) is 2.62. The number of aromatic nitrogens is 1. The van der Waals surface area contributed by atoms with E-state index >= 15 is 0 Å². The summed E-state index contributed by atoms with van der Waals surface area (Å²) in [7, 11) is 0. The van der Waals surface area contributed by atoms with Crippen molar-refractivity contribution in [2.75, 3.05) is 5.32 Å². The van der Waals surface area contributed by atoms with Crippen molar-refractivity contribution in [3.05, 3.63) is 131 Å². The minimum Gasteiger partial charge on any atom is -0.550 e. The Kier molecular flexibility index (Phi) is 7.33. The minimum atomic E-state index is -4.62. The molecule has 5 nitrogen and oxygen atoms in total. The number of fused-ring (bicyclic) bond motifs is 1. The van der Waals surface area contributed by atoms with Crippen LogP contribution >= 0.6 is 0 Å². The van der Waals surface area contributed by atoms with Crippen LogP contribution in [0, 0.1) is 0 Å². The highest BCUT2D eigenvalue weighted by molar-refractivity contribution is 6.16. The van der Waals surface area contributed by atoms with Crippen LogP contribution in [0.25, 0.3) is 22.0 Å². The second-order valence-electron chi connectivity index (χ2n) is 9.24. The fourth-order valence-corrected chi connectivity index (χ4v) is 4.61. The summed E-state index contributed by atoms with van der Waals surface area (Å²) >= 11 is 0. The molecule has 0 aliphatic carbocycles. The number of hydrogen-bond acceptors (Lipinski definition) is 5. The molecule has 0 unspecified atom stereocenters. The minimum absolute atomic E-state index is 0.171. The molecule has 1 N–H and O–H groups in total. The molecule has 0 bridgehead atoms. The Morgan fingerprint density at radius 2 is 1.52 bits per heavy atom. The number of nitrogens with one attached hydrogen (secondary N) is 1. The Morgan fingerprint density at radius 3 is 2.23 bits per heavy atom. The van der Waals surface area contributed by atoms with Gasteiger partial charge < -0.3 is 15.2 Å². The van der Waals surface area contributed by atoms with Gasteiger partial charge in [0.25, 0.3) is 0 Å². The Bertz CT molecular complexity index is 1700. The highest BCUT2D eigenvalue weighted by atomic mass is 19.4. The number of ketones is 1. The van der Waals surface area contributed by atoms with Crippen LogP contribution in [0.1, 0.15) is 32.6 Å². The van der Waals surface area contributed by atoms with Crippen molar-refractivity contribution in [3.8, 4) is 11.1 Å². The highest BCUT2D eigenvalue weighted by Crippen LogP contribution is 2.39. The van der Waals surface area contributed by atoms with Crippen LogP contribution in [-0.4, -0.2) is 16.7 Å². The van der Waals surface area contributed by atoms with Crippen LogP contribution in [0.2, 0.25) is 0 Å². The summed E-state index contributed by atoms with van der Waals surface area (Å²) in [6.45, 7) is 0.417. The molecule has 40 heavy (non-hydrogen) atoms. The zero-order chi connectivity index (χ0) is 28.3. The Balaban J connectivity index is 1.56. The number of pyridine rings is 1. The number of anilines is 1. The van der Waals surface area contributed by atoms with E-state index < -0.39 is 17.7 Å². The molecule has 0 radical (unpaired) electrons. The maximum absolute atomic E-state index is 13.8. The maximum Gasteiger partial charge on any atom is 0.418 e. The number of aliphatic carboxylic acids is 1. The van der Waals surface area contributed by atoms with Crippen LogP contribution < -0.4 is 10.4 Å². The van der Waals surface area contributed by atoms with Crippen LogP contribution in [0.15, 0.2) is 103 Å². The van der Waals surface area contributed by atoms with Gasteiger partial charge in [-0.1, -0.05) is 78.9 Å². The summed E-state index contributed by atoms with van der Waals surface area (Å²) in [5.74, 6) is -1.50. The molecule has 0 saturated carbocycles. The van der Waals surface area contributed by atoms with Gasteiger partial charge in [0.1, 0.15) is 0 Å². The summed E-state index contributed by atoms with van der Waals surface area (Å²) in [6, 6.07) is 26.5. The van der Waals surface area contributed by atoms with Gasteiger partial charge in [-0.2, -0.15) is 13.2 Å². The molecular formula is C32H22F3N2O3-. The standard InChI is InChI=1S/C32H23F3N2O3/c33-32(34,35)27-11-5-10-25-29(26(19-37-30(25)27)31(40)22-6-2-1-3-7-22)23-8-4-9-24(17-23)36-18-21-14-12-20(13-15-21)16-28(38)39/h1-15,17,19,36H,16,18H2,(H,38,39)/p-1. The molecule has 0 aliphatic rings. The van der Waals surface area contributed by atoms with Gasteiger partial charge in [-0.15, -0.1) is 0 Å². The second kappa shape index (κ2) is 11.0. The van der Waals surface area contributed by atoms with Crippen molar-refractivity contribution in [2.24, 2.45) is 0 Å². The van der Waals surface area contributed by atoms with Gasteiger partial charge in [-0.25, -0.2) is 0 Å². The molecule has 0 amide bonds. The average Bonchev–Trinajstić information content (AvgIpc) is 2.95. The zero-order valence-electron chi connectivity index (χ0n) is 21.0. The lowest BCUT2D eigenvalue weighted by Crippen LogP contribution is -2.24. The van der Waals surface area contributed by atoms with E-state index in [1.807, 2.05) is 6.07 Å². The zero-order valence-corrected chi connectivity index (χ0v) is 21.0. The quantitative estimate of drug-likeness (QED) is 0.243. The molecule has 5 rings (SSSR count). The van der Waals surface area contributed by atoms with Crippen LogP contribution in [-0.2, 0) is 23.9 Å². The van der Waals surface area contributed by atoms with E-state index in [0.717, 1.165) is 11.6 Å². The van der Waals surface area contributed by atoms with Gasteiger partial charge in [0.2, 0.25) is 0 Å². The summed E-state index contributed by atoms with van der Waals surface area (Å²) in [6.07, 6.45) is -3.57. The highest BCUT2D eigenvalue weighted by Gasteiger charge is 2.34. The Morgan fingerprint density at radius 1 is 0.825 bits per heavy atom. The van der Waals surface area contributed by atoms with Crippen LogP contribution in [0.3, 0.4) is 0 Å². The summed E-state index contributed by atoms with van der Waals surface area (Å²) in [4.78, 5) is 28.4. The first-order valence-corrected chi connectivity index (χ1v) is 12.4. The molecule has 0 fully saturated rings. The number of carboxylic acid groups (broad SMARTS) is 1. The molecule has 0 spiro atoms. The molecule has 0 saturated heterocycles. The van der Waals surface area contributed by atoms with Gasteiger partial charge >= 0.3 is 6.18 Å². The van der Waals surface area contributed by atoms with Crippen molar-refractivity contribution in [1.29, 1.82) is 0 Å². The first-order valence-electron chi connectivity index (χ1n) is 12.4. The van der Waals surface area contributed by atoms with Gasteiger partial charge in [-0.3, -0.25) is 9.78 Å². The predicted octanol–water partition coefficient (Wildman–Crippen LogP) is 6.06. The number of alkyl halides is 3. The molecule has 4 aromatic carbocycles. The fourth-order valence-electron chi connectivity index (χ4n) is 4.61. The van der Waals surface area contributed by atoms with Gasteiger partial charge in [0.05, 0.1) is 11.1 Å². The first-order chi connectivity index (χ1) is 19.2. The molecule has 0 atom stereocenters. The number of halogens is 3. The topological polar surface area (TPSA) is 82.1 Å². The molecule has 5 aromatic rings. The number of benzene rings is 4. The Labute approximate surface area is 227 Å². The predicted molar refractivity (Wildman–Crippen MR) is 145 cm³/mol. The van der Waals surface area contributed by atoms with Gasteiger partial charge in [0.15, 0.2) is 5.78 Å². The van der Waals surface area contributed by atoms with E-state index in [-0.39, 0.29) is 28.7 Å². The van der Waals surface area contributed by atoms with Gasteiger partial charge in [0, 0.05) is 52.9 Å². The first kappa shape index (κ1) is 26.6. The lowest BCUT2D eigenvalue weighted by atomic mass is 9.91. The van der Waals surface area contributed by atoms with E-state index in [1.165, 1.54) is 12.3 Å². The van der Waals surface area contributed by atoms with E-state index in [1.54, 1.807) is 78.9 Å². The molecular weight excluding hydrogens is 517 g/mol. The number of hydrogen-bond donors (Lipinski definition) is 1. The summed E-state index contributed by atoms with van der Waals surface area (Å²) < 4.78 is 41.5. The number of nitrogens with zero attached hydrogens (tertiary/aromatic N) is 1. The average molecular weight is 540 g/mol. The third kappa shape index (κ3) is 5.71. The normalized spacial score (nSPS) is 11.4. The van der Waals surface area contributed by atoms with E-state index in [9.17, 15) is 27.9 Å². The molecule has 1 heterocycles. The third-order valence-electron chi connectivity index (χ3n) is 6.50. The van der Waals surface area contributed by atoms with Crippen molar-refractivity contribution >= 4 is 28.3 Å². The fraction of sp³-hybridized carbons (Fsp3) is 0.0938. The molecule has 0 aliphatic heterocycles.